The van der Waals surface area contributed by atoms with Gasteiger partial charge in [-0.05, 0) is 45.5 Å². The zero-order chi connectivity index (χ0) is 22.3. The summed E-state index contributed by atoms with van der Waals surface area (Å²) in [6.45, 7) is 3.08. The van der Waals surface area contributed by atoms with Gasteiger partial charge in [-0.15, -0.1) is 0 Å². The van der Waals surface area contributed by atoms with Crippen LogP contribution in [0.2, 0.25) is 0 Å². The molecular formula is C21H22F3N5O2. The number of hydrogen-bond donors (Lipinski definition) is 2. The molecular weight excluding hydrogens is 411 g/mol. The second-order valence-electron chi connectivity index (χ2n) is 7.81. The summed E-state index contributed by atoms with van der Waals surface area (Å²) < 4.78 is 41.9. The Morgan fingerprint density at radius 3 is 2.45 bits per heavy atom. The molecule has 1 amide bonds. The number of carbonyl (C=O) groups excluding carboxylic acids is 1. The number of piperidine rings is 1. The molecule has 3 aromatic rings. The maximum atomic E-state index is 13.7. The number of amides is 1. The third-order valence-corrected chi connectivity index (χ3v) is 5.59. The topological polar surface area (TPSA) is 82.5 Å². The van der Waals surface area contributed by atoms with E-state index in [9.17, 15) is 22.8 Å². The lowest BCUT2D eigenvalue weighted by Crippen LogP contribution is -2.45. The number of aryl methyl sites for hydroxylation is 1. The van der Waals surface area contributed by atoms with Crippen molar-refractivity contribution in [1.29, 1.82) is 0 Å². The summed E-state index contributed by atoms with van der Waals surface area (Å²) in [6, 6.07) is 7.82. The average molecular weight is 433 g/mol. The standard InChI is InChI=1S/C21H22F3N5O2/c1-12-15(19(30)26-14-8-10-28(2)11-9-14)20(31)29-18(25-12)16(13-6-4-3-5-7-13)17(27-29)21(22,23)24/h3-7,14,27H,8-11H2,1-2H3,(H,26,30). The van der Waals surface area contributed by atoms with Crippen LogP contribution in [0.15, 0.2) is 35.1 Å². The van der Waals surface area contributed by atoms with Crippen LogP contribution < -0.4 is 10.9 Å². The van der Waals surface area contributed by atoms with Crippen LogP contribution in [0.4, 0.5) is 13.2 Å². The molecule has 31 heavy (non-hydrogen) atoms. The highest BCUT2D eigenvalue weighted by atomic mass is 19.4. The SMILES string of the molecule is Cc1nc2c(-c3ccccc3)c(C(F)(F)F)[nH]n2c(=O)c1C(=O)NC1CCN(C)CC1. The number of aromatic nitrogens is 3. The van der Waals surface area contributed by atoms with Crippen molar-refractivity contribution in [3.8, 4) is 11.1 Å². The van der Waals surface area contributed by atoms with E-state index in [0.29, 0.717) is 4.52 Å². The number of hydrogen-bond acceptors (Lipinski definition) is 4. The molecule has 0 aliphatic carbocycles. The van der Waals surface area contributed by atoms with Gasteiger partial charge in [0.25, 0.3) is 11.5 Å². The highest BCUT2D eigenvalue weighted by molar-refractivity contribution is 5.95. The normalized spacial score (nSPS) is 16.0. The van der Waals surface area contributed by atoms with Crippen LogP contribution in [-0.4, -0.2) is 51.6 Å². The molecule has 0 unspecified atom stereocenters. The fourth-order valence-electron chi connectivity index (χ4n) is 3.93. The lowest BCUT2D eigenvalue weighted by atomic mass is 10.0. The first-order valence-corrected chi connectivity index (χ1v) is 9.94. The number of carbonyl (C=O) groups is 1. The molecule has 2 N–H and O–H groups in total. The van der Waals surface area contributed by atoms with Crippen LogP contribution in [0.3, 0.4) is 0 Å². The van der Waals surface area contributed by atoms with Gasteiger partial charge in [0.1, 0.15) is 11.3 Å². The summed E-state index contributed by atoms with van der Waals surface area (Å²) >= 11 is 0. The minimum absolute atomic E-state index is 0.0836. The summed E-state index contributed by atoms with van der Waals surface area (Å²) in [4.78, 5) is 32.3. The molecule has 0 bridgehead atoms. The Labute approximate surface area is 175 Å². The number of H-pyrrole nitrogens is 1. The molecule has 1 aliphatic heterocycles. The van der Waals surface area contributed by atoms with Gasteiger partial charge in [0.15, 0.2) is 5.65 Å². The lowest BCUT2D eigenvalue weighted by molar-refractivity contribution is -0.140. The van der Waals surface area contributed by atoms with Crippen molar-refractivity contribution >= 4 is 11.6 Å². The van der Waals surface area contributed by atoms with E-state index in [1.165, 1.54) is 19.1 Å². The Morgan fingerprint density at radius 2 is 1.84 bits per heavy atom. The van der Waals surface area contributed by atoms with Crippen molar-refractivity contribution in [2.45, 2.75) is 32.0 Å². The molecule has 2 aromatic heterocycles. The van der Waals surface area contributed by atoms with Crippen LogP contribution in [-0.2, 0) is 6.18 Å². The smallest absolute Gasteiger partial charge is 0.349 e. The van der Waals surface area contributed by atoms with Gasteiger partial charge in [-0.3, -0.25) is 14.7 Å². The molecule has 10 heteroatoms. The zero-order valence-electron chi connectivity index (χ0n) is 17.1. The maximum Gasteiger partial charge on any atom is 0.433 e. The Bertz CT molecular complexity index is 1180. The third-order valence-electron chi connectivity index (χ3n) is 5.59. The van der Waals surface area contributed by atoms with Crippen LogP contribution in [0.25, 0.3) is 16.8 Å². The van der Waals surface area contributed by atoms with E-state index in [1.54, 1.807) is 18.2 Å². The molecule has 0 saturated carbocycles. The van der Waals surface area contributed by atoms with Gasteiger partial charge in [0.05, 0.1) is 11.3 Å². The first kappa shape index (κ1) is 21.1. The van der Waals surface area contributed by atoms with E-state index in [4.69, 9.17) is 0 Å². The highest BCUT2D eigenvalue weighted by Crippen LogP contribution is 2.38. The monoisotopic (exact) mass is 433 g/mol. The van der Waals surface area contributed by atoms with Crippen molar-refractivity contribution < 1.29 is 18.0 Å². The Morgan fingerprint density at radius 1 is 1.19 bits per heavy atom. The molecule has 0 atom stereocenters. The van der Waals surface area contributed by atoms with E-state index < -0.39 is 23.3 Å². The van der Waals surface area contributed by atoms with Gasteiger partial charge < -0.3 is 10.2 Å². The average Bonchev–Trinajstić information content (AvgIpc) is 3.10. The predicted octanol–water partition coefficient (Wildman–Crippen LogP) is 2.84. The van der Waals surface area contributed by atoms with Crippen molar-refractivity contribution in [1.82, 2.24) is 24.8 Å². The van der Waals surface area contributed by atoms with Crippen LogP contribution in [0, 0.1) is 6.92 Å². The minimum Gasteiger partial charge on any atom is -0.349 e. The van der Waals surface area contributed by atoms with Gasteiger partial charge in [-0.2, -0.15) is 17.7 Å². The van der Waals surface area contributed by atoms with Gasteiger partial charge >= 0.3 is 6.18 Å². The number of fused-ring (bicyclic) bond motifs is 1. The Hall–Kier alpha value is -3.14. The van der Waals surface area contributed by atoms with E-state index in [1.807, 2.05) is 7.05 Å². The van der Waals surface area contributed by atoms with Gasteiger partial charge in [-0.1, -0.05) is 30.3 Å². The van der Waals surface area contributed by atoms with Crippen molar-refractivity contribution in [2.75, 3.05) is 20.1 Å². The second-order valence-corrected chi connectivity index (χ2v) is 7.81. The molecule has 0 radical (unpaired) electrons. The minimum atomic E-state index is -4.74. The largest absolute Gasteiger partial charge is 0.433 e. The quantitative estimate of drug-likeness (QED) is 0.666. The van der Waals surface area contributed by atoms with Gasteiger partial charge in [0, 0.05) is 6.04 Å². The van der Waals surface area contributed by atoms with E-state index in [-0.39, 0.29) is 34.1 Å². The second kappa shape index (κ2) is 7.84. The van der Waals surface area contributed by atoms with Crippen LogP contribution >= 0.6 is 0 Å². The van der Waals surface area contributed by atoms with Gasteiger partial charge in [-0.25, -0.2) is 4.98 Å². The Kier molecular flexibility index (Phi) is 5.34. The summed E-state index contributed by atoms with van der Waals surface area (Å²) in [5.74, 6) is -0.622. The zero-order valence-corrected chi connectivity index (χ0v) is 17.1. The molecule has 0 spiro atoms. The van der Waals surface area contributed by atoms with Crippen LogP contribution in [0.5, 0.6) is 0 Å². The molecule has 7 nitrogen and oxygen atoms in total. The summed E-state index contributed by atoms with van der Waals surface area (Å²) in [5.41, 5.74) is -2.25. The number of halogens is 3. The van der Waals surface area contributed by atoms with E-state index in [2.05, 4.69) is 20.3 Å². The number of alkyl halides is 3. The van der Waals surface area contributed by atoms with E-state index >= 15 is 0 Å². The summed E-state index contributed by atoms with van der Waals surface area (Å²) in [5, 5.41) is 4.96. The van der Waals surface area contributed by atoms with E-state index in [0.717, 1.165) is 25.9 Å². The lowest BCUT2D eigenvalue weighted by Gasteiger charge is -2.29. The van der Waals surface area contributed by atoms with Crippen molar-refractivity contribution in [2.24, 2.45) is 0 Å². The fraction of sp³-hybridized carbons (Fsp3) is 0.381. The van der Waals surface area contributed by atoms with Crippen molar-refractivity contribution in [3.05, 3.63) is 57.6 Å². The summed E-state index contributed by atoms with van der Waals surface area (Å²) in [7, 11) is 1.99. The number of aromatic amines is 1. The molecule has 1 saturated heterocycles. The first-order valence-electron chi connectivity index (χ1n) is 9.94. The van der Waals surface area contributed by atoms with Crippen molar-refractivity contribution in [3.63, 3.8) is 0 Å². The fourth-order valence-corrected chi connectivity index (χ4v) is 3.93. The third kappa shape index (κ3) is 3.95. The Balaban J connectivity index is 1.82. The molecule has 1 fully saturated rings. The highest BCUT2D eigenvalue weighted by Gasteiger charge is 2.38. The first-order chi connectivity index (χ1) is 14.7. The number of benzene rings is 1. The molecule has 1 aromatic carbocycles. The van der Waals surface area contributed by atoms with Gasteiger partial charge in [0.2, 0.25) is 0 Å². The molecule has 4 rings (SSSR count). The molecule has 1 aliphatic rings. The predicted molar refractivity (Wildman–Crippen MR) is 109 cm³/mol. The number of nitrogens with one attached hydrogen (secondary N) is 2. The maximum absolute atomic E-state index is 13.7. The number of rotatable bonds is 3. The molecule has 3 heterocycles. The van der Waals surface area contributed by atoms with Crippen LogP contribution in [0.1, 0.15) is 34.6 Å². The molecule has 164 valence electrons. The number of likely N-dealkylation sites (tertiary alicyclic amines) is 1. The number of nitrogens with zero attached hydrogens (tertiary/aromatic N) is 3. The summed E-state index contributed by atoms with van der Waals surface area (Å²) in [6.07, 6.45) is -3.27.